The van der Waals surface area contributed by atoms with Crippen molar-refractivity contribution in [3.8, 4) is 0 Å². The molecule has 2 aliphatic rings. The minimum atomic E-state index is -4.62. The molecule has 9 heteroatoms. The monoisotopic (exact) mass is 388 g/mol. The van der Waals surface area contributed by atoms with Crippen LogP contribution in [0.25, 0.3) is 5.52 Å². The van der Waals surface area contributed by atoms with Crippen LogP contribution in [0.2, 0.25) is 0 Å². The van der Waals surface area contributed by atoms with Crippen molar-refractivity contribution in [2.24, 2.45) is 0 Å². The lowest BCUT2D eigenvalue weighted by Gasteiger charge is -2.36. The van der Waals surface area contributed by atoms with E-state index < -0.39 is 17.9 Å². The largest absolute Gasteiger partial charge is 0.450 e. The molecule has 2 fully saturated rings. The topological polar surface area (TPSA) is 49.6 Å². The maximum absolute atomic E-state index is 13.2. The van der Waals surface area contributed by atoms with E-state index in [2.05, 4.69) is 22.2 Å². The van der Waals surface area contributed by atoms with Crippen LogP contribution in [0.15, 0.2) is 24.4 Å². The Balaban J connectivity index is 0.00000196. The van der Waals surface area contributed by atoms with Gasteiger partial charge >= 0.3 is 6.18 Å². The molecule has 0 aromatic carbocycles. The molecule has 2 aliphatic heterocycles. The molecule has 2 unspecified atom stereocenters. The highest BCUT2D eigenvalue weighted by molar-refractivity contribution is 5.99. The molecule has 2 aromatic rings. The molecular weight excluding hydrogens is 369 g/mol. The van der Waals surface area contributed by atoms with E-state index in [0.29, 0.717) is 12.1 Å². The number of piperidine rings is 1. The molecule has 1 amide bonds. The highest BCUT2D eigenvalue weighted by Crippen LogP contribution is 2.34. The van der Waals surface area contributed by atoms with E-state index in [1.54, 1.807) is 6.07 Å². The van der Waals surface area contributed by atoms with Gasteiger partial charge in [-0.25, -0.2) is 4.98 Å². The maximum atomic E-state index is 13.2. The highest BCUT2D eigenvalue weighted by Gasteiger charge is 2.40. The second kappa shape index (κ2) is 6.74. The summed E-state index contributed by atoms with van der Waals surface area (Å²) in [7, 11) is 2.10. The Morgan fingerprint density at radius 3 is 2.50 bits per heavy atom. The lowest BCUT2D eigenvalue weighted by molar-refractivity contribution is -0.145. The van der Waals surface area contributed by atoms with Crippen LogP contribution in [-0.4, -0.2) is 45.4 Å². The number of alkyl halides is 3. The summed E-state index contributed by atoms with van der Waals surface area (Å²) < 4.78 is 40.5. The molecule has 2 aromatic heterocycles. The number of rotatable bonds is 2. The predicted molar refractivity (Wildman–Crippen MR) is 92.5 cm³/mol. The van der Waals surface area contributed by atoms with Gasteiger partial charge in [0, 0.05) is 24.3 Å². The Morgan fingerprint density at radius 2 is 1.88 bits per heavy atom. The average molecular weight is 389 g/mol. The molecule has 1 N–H and O–H groups in total. The lowest BCUT2D eigenvalue weighted by Crippen LogP contribution is -2.48. The molecule has 4 rings (SSSR count). The van der Waals surface area contributed by atoms with Gasteiger partial charge in [0.2, 0.25) is 5.82 Å². The van der Waals surface area contributed by atoms with Crippen molar-refractivity contribution in [1.29, 1.82) is 0 Å². The van der Waals surface area contributed by atoms with Gasteiger partial charge in [0.05, 0.1) is 5.52 Å². The van der Waals surface area contributed by atoms with Crippen molar-refractivity contribution in [3.63, 3.8) is 0 Å². The van der Waals surface area contributed by atoms with Crippen molar-refractivity contribution in [3.05, 3.63) is 35.9 Å². The van der Waals surface area contributed by atoms with Crippen LogP contribution in [0.4, 0.5) is 13.2 Å². The lowest BCUT2D eigenvalue weighted by atomic mass is 9.98. The van der Waals surface area contributed by atoms with Crippen molar-refractivity contribution >= 4 is 23.8 Å². The van der Waals surface area contributed by atoms with Crippen LogP contribution in [0, 0.1) is 0 Å². The van der Waals surface area contributed by atoms with E-state index in [0.717, 1.165) is 30.1 Å². The number of nitrogens with zero attached hydrogens (tertiary/aromatic N) is 3. The molecule has 0 radical (unpaired) electrons. The van der Waals surface area contributed by atoms with Crippen LogP contribution in [0.1, 0.15) is 42.0 Å². The smallest absolute Gasteiger partial charge is 0.348 e. The number of hydrogen-bond acceptors (Lipinski definition) is 3. The molecule has 0 aliphatic carbocycles. The first-order valence-electron chi connectivity index (χ1n) is 8.41. The number of halogens is 4. The van der Waals surface area contributed by atoms with Gasteiger partial charge < -0.3 is 10.2 Å². The van der Waals surface area contributed by atoms with Gasteiger partial charge in [0.15, 0.2) is 5.69 Å². The standard InChI is InChI=1S/C17H19F3N4O.ClH/c1-23-11-5-6-12(23)9-10(8-11)21-15(25)14-13-4-2-3-7-24(13)16(22-14)17(18,19)20;/h2-4,7,10-12H,5-6,8-9H2,1H3,(H,21,25);1H. The van der Waals surface area contributed by atoms with Gasteiger partial charge in [-0.05, 0) is 44.9 Å². The summed E-state index contributed by atoms with van der Waals surface area (Å²) in [6, 6.07) is 5.43. The van der Waals surface area contributed by atoms with E-state index in [-0.39, 0.29) is 29.7 Å². The zero-order chi connectivity index (χ0) is 17.8. The van der Waals surface area contributed by atoms with Gasteiger partial charge in [-0.1, -0.05) is 6.07 Å². The van der Waals surface area contributed by atoms with Crippen LogP contribution in [0.5, 0.6) is 0 Å². The summed E-state index contributed by atoms with van der Waals surface area (Å²) in [5.41, 5.74) is 0.00224. The van der Waals surface area contributed by atoms with Crippen LogP contribution < -0.4 is 5.32 Å². The van der Waals surface area contributed by atoms with E-state index >= 15 is 0 Å². The minimum Gasteiger partial charge on any atom is -0.348 e. The fourth-order valence-electron chi connectivity index (χ4n) is 4.19. The second-order valence-electron chi connectivity index (χ2n) is 6.93. The molecule has 2 saturated heterocycles. The maximum Gasteiger partial charge on any atom is 0.450 e. The van der Waals surface area contributed by atoms with Gasteiger partial charge in [-0.2, -0.15) is 13.2 Å². The van der Waals surface area contributed by atoms with Crippen molar-refractivity contribution < 1.29 is 18.0 Å². The molecule has 142 valence electrons. The first-order valence-corrected chi connectivity index (χ1v) is 8.41. The summed E-state index contributed by atoms with van der Waals surface area (Å²) in [6.45, 7) is 0. The third-order valence-electron chi connectivity index (χ3n) is 5.45. The minimum absolute atomic E-state index is 0. The van der Waals surface area contributed by atoms with Crippen molar-refractivity contribution in [2.75, 3.05) is 7.05 Å². The Bertz CT molecular complexity index is 808. The normalized spacial score (nSPS) is 25.9. The SMILES string of the molecule is CN1C2CCC1CC(NC(=O)c1nc(C(F)(F)F)n3ccccc13)C2.Cl. The number of aromatic nitrogens is 2. The van der Waals surface area contributed by atoms with Crippen LogP contribution >= 0.6 is 12.4 Å². The first kappa shape index (κ1) is 19.0. The van der Waals surface area contributed by atoms with Gasteiger partial charge in [-0.15, -0.1) is 12.4 Å². The second-order valence-corrected chi connectivity index (χ2v) is 6.93. The number of amides is 1. The Kier molecular flexibility index (Phi) is 4.92. The number of pyridine rings is 1. The summed E-state index contributed by atoms with van der Waals surface area (Å²) in [4.78, 5) is 18.6. The van der Waals surface area contributed by atoms with E-state index in [9.17, 15) is 18.0 Å². The van der Waals surface area contributed by atoms with Crippen LogP contribution in [0.3, 0.4) is 0 Å². The summed E-state index contributed by atoms with van der Waals surface area (Å²) in [5.74, 6) is -1.61. The number of nitrogens with one attached hydrogen (secondary N) is 1. The third-order valence-corrected chi connectivity index (χ3v) is 5.45. The molecule has 2 atom stereocenters. The molecule has 4 heterocycles. The summed E-state index contributed by atoms with van der Waals surface area (Å²) in [5, 5.41) is 2.90. The van der Waals surface area contributed by atoms with E-state index in [4.69, 9.17) is 0 Å². The Labute approximate surface area is 155 Å². The Hall–Kier alpha value is -1.80. The number of imidazole rings is 1. The van der Waals surface area contributed by atoms with E-state index in [1.807, 2.05) is 0 Å². The van der Waals surface area contributed by atoms with Gasteiger partial charge in [0.25, 0.3) is 5.91 Å². The summed E-state index contributed by atoms with van der Waals surface area (Å²) in [6.07, 6.45) is 0.541. The van der Waals surface area contributed by atoms with Crippen molar-refractivity contribution in [2.45, 2.75) is 50.0 Å². The fourth-order valence-corrected chi connectivity index (χ4v) is 4.19. The number of fused-ring (bicyclic) bond motifs is 3. The zero-order valence-electron chi connectivity index (χ0n) is 14.2. The Morgan fingerprint density at radius 1 is 1.23 bits per heavy atom. The van der Waals surface area contributed by atoms with Gasteiger partial charge in [-0.3, -0.25) is 9.20 Å². The zero-order valence-corrected chi connectivity index (χ0v) is 15.0. The predicted octanol–water partition coefficient (Wildman–Crippen LogP) is 3.13. The quantitative estimate of drug-likeness (QED) is 0.860. The number of hydrogen-bond donors (Lipinski definition) is 1. The van der Waals surface area contributed by atoms with Crippen LogP contribution in [-0.2, 0) is 6.18 Å². The van der Waals surface area contributed by atoms with Gasteiger partial charge in [0.1, 0.15) is 0 Å². The van der Waals surface area contributed by atoms with Crippen molar-refractivity contribution in [1.82, 2.24) is 19.6 Å². The first-order chi connectivity index (χ1) is 11.8. The number of carbonyl (C=O) groups is 1. The summed E-state index contributed by atoms with van der Waals surface area (Å²) >= 11 is 0. The molecule has 0 spiro atoms. The molecule has 2 bridgehead atoms. The number of carbonyl (C=O) groups excluding carboxylic acids is 1. The third kappa shape index (κ3) is 3.16. The fraction of sp³-hybridized carbons (Fsp3) is 0.529. The molecular formula is C17H20ClF3N4O. The molecule has 0 saturated carbocycles. The average Bonchev–Trinajstić information content (AvgIpc) is 3.02. The molecule has 26 heavy (non-hydrogen) atoms. The van der Waals surface area contributed by atoms with E-state index in [1.165, 1.54) is 18.3 Å². The molecule has 5 nitrogen and oxygen atoms in total. The highest BCUT2D eigenvalue weighted by atomic mass is 35.5.